The molecule has 0 spiro atoms. The number of amides is 1. The Hall–Kier alpha value is -2.44. The highest BCUT2D eigenvalue weighted by Crippen LogP contribution is 2.23. The van der Waals surface area contributed by atoms with Crippen LogP contribution in [0.25, 0.3) is 0 Å². The molecule has 1 aliphatic rings. The van der Waals surface area contributed by atoms with E-state index in [0.29, 0.717) is 17.8 Å². The summed E-state index contributed by atoms with van der Waals surface area (Å²) in [6, 6.07) is 14.1. The first-order valence-corrected chi connectivity index (χ1v) is 13.3. The number of hydrogen-bond donors (Lipinski definition) is 2. The number of carbonyl (C=O) groups is 2. The summed E-state index contributed by atoms with van der Waals surface area (Å²) in [7, 11) is 0. The molecule has 2 N–H and O–H groups in total. The van der Waals surface area contributed by atoms with Crippen molar-refractivity contribution in [3.8, 4) is 0 Å². The van der Waals surface area contributed by atoms with Crippen molar-refractivity contribution in [1.29, 1.82) is 0 Å². The number of rotatable bonds is 14. The minimum absolute atomic E-state index is 0.0399. The molecule has 184 valence electrons. The van der Waals surface area contributed by atoms with Crippen molar-refractivity contribution in [2.24, 2.45) is 5.92 Å². The summed E-state index contributed by atoms with van der Waals surface area (Å²) in [5.74, 6) is -0.537. The van der Waals surface area contributed by atoms with Gasteiger partial charge in [-0.25, -0.2) is 4.79 Å². The van der Waals surface area contributed by atoms with Gasteiger partial charge in [0.15, 0.2) is 0 Å². The maximum atomic E-state index is 12.4. The van der Waals surface area contributed by atoms with E-state index >= 15 is 0 Å². The van der Waals surface area contributed by atoms with E-state index in [9.17, 15) is 14.7 Å². The van der Waals surface area contributed by atoms with Crippen LogP contribution in [-0.2, 0) is 17.6 Å². The van der Waals surface area contributed by atoms with Crippen LogP contribution >= 0.6 is 11.3 Å². The summed E-state index contributed by atoms with van der Waals surface area (Å²) in [4.78, 5) is 26.7. The van der Waals surface area contributed by atoms with Gasteiger partial charge in [0.2, 0.25) is 5.91 Å². The van der Waals surface area contributed by atoms with Crippen LogP contribution in [0.5, 0.6) is 0 Å². The first kappa shape index (κ1) is 26.2. The molecular formula is C28H37NO4S. The van der Waals surface area contributed by atoms with Crippen molar-refractivity contribution in [2.45, 2.75) is 76.9 Å². The standard InChI is InChI=1S/C28H37NO4S/c1-21(9-4-2-5-10-22-11-6-3-7-12-22)25(30)17-14-23-15-19-27(31)29(23)20-8-13-24-16-18-26(34-24)28(32)33/h3,6-7,11-12,14,16-18,21,23,25,30H,2,4-5,8-10,13,15,19-20H2,1H3,(H,32,33)/b17-14+. The Kier molecular flexibility index (Phi) is 10.4. The molecule has 3 atom stereocenters. The van der Waals surface area contributed by atoms with Gasteiger partial charge in [-0.2, -0.15) is 0 Å². The molecule has 0 aliphatic carbocycles. The van der Waals surface area contributed by atoms with Crippen molar-refractivity contribution >= 4 is 23.2 Å². The zero-order chi connectivity index (χ0) is 24.3. The highest BCUT2D eigenvalue weighted by molar-refractivity contribution is 7.13. The molecule has 1 amide bonds. The largest absolute Gasteiger partial charge is 0.477 e. The fourth-order valence-electron chi connectivity index (χ4n) is 4.52. The van der Waals surface area contributed by atoms with Crippen LogP contribution in [0.2, 0.25) is 0 Å². The van der Waals surface area contributed by atoms with Gasteiger partial charge in [0.25, 0.3) is 0 Å². The number of benzene rings is 1. The van der Waals surface area contributed by atoms with Gasteiger partial charge in [0.1, 0.15) is 4.88 Å². The van der Waals surface area contributed by atoms with E-state index < -0.39 is 12.1 Å². The Morgan fingerprint density at radius 1 is 1.12 bits per heavy atom. The molecular weight excluding hydrogens is 446 g/mol. The number of carboxylic acids is 1. The van der Waals surface area contributed by atoms with E-state index in [4.69, 9.17) is 5.11 Å². The molecule has 0 saturated carbocycles. The van der Waals surface area contributed by atoms with Crippen molar-refractivity contribution in [1.82, 2.24) is 4.90 Å². The summed E-state index contributed by atoms with van der Waals surface area (Å²) in [6.45, 7) is 2.75. The molecule has 34 heavy (non-hydrogen) atoms. The fraction of sp³-hybridized carbons (Fsp3) is 0.500. The molecule has 1 aliphatic heterocycles. The van der Waals surface area contributed by atoms with E-state index in [1.54, 1.807) is 6.07 Å². The predicted molar refractivity (Wildman–Crippen MR) is 137 cm³/mol. The molecule has 1 fully saturated rings. The van der Waals surface area contributed by atoms with E-state index in [1.807, 2.05) is 29.2 Å². The van der Waals surface area contributed by atoms with Crippen LogP contribution in [0.1, 0.15) is 72.0 Å². The smallest absolute Gasteiger partial charge is 0.345 e. The average Bonchev–Trinajstić information content (AvgIpc) is 3.45. The summed E-state index contributed by atoms with van der Waals surface area (Å²) >= 11 is 1.30. The third-order valence-electron chi connectivity index (χ3n) is 6.65. The second-order valence-electron chi connectivity index (χ2n) is 9.31. The number of carbonyl (C=O) groups excluding carboxylic acids is 1. The van der Waals surface area contributed by atoms with Crippen molar-refractivity contribution in [3.63, 3.8) is 0 Å². The van der Waals surface area contributed by atoms with Crippen molar-refractivity contribution in [3.05, 3.63) is 69.9 Å². The van der Waals surface area contributed by atoms with Gasteiger partial charge in [-0.15, -0.1) is 11.3 Å². The molecule has 0 radical (unpaired) electrons. The number of unbranched alkanes of at least 4 members (excludes halogenated alkanes) is 2. The molecule has 6 heteroatoms. The Labute approximate surface area is 207 Å². The third kappa shape index (κ3) is 8.10. The lowest BCUT2D eigenvalue weighted by Crippen LogP contribution is -2.33. The summed E-state index contributed by atoms with van der Waals surface area (Å²) in [5, 5.41) is 19.7. The number of aryl methyl sites for hydroxylation is 2. The molecule has 2 heterocycles. The quantitative estimate of drug-likeness (QED) is 0.266. The van der Waals surface area contributed by atoms with E-state index in [1.165, 1.54) is 29.7 Å². The molecule has 1 aromatic carbocycles. The van der Waals surface area contributed by atoms with Crippen molar-refractivity contribution in [2.75, 3.05) is 6.54 Å². The normalized spacial score (nSPS) is 18.0. The number of likely N-dealkylation sites (tertiary alicyclic amines) is 1. The minimum atomic E-state index is -0.892. The zero-order valence-electron chi connectivity index (χ0n) is 20.1. The number of nitrogens with zero attached hydrogens (tertiary/aromatic N) is 1. The summed E-state index contributed by atoms with van der Waals surface area (Å²) in [6.07, 6.45) is 11.8. The van der Waals surface area contributed by atoms with Gasteiger partial charge in [-0.3, -0.25) is 4.79 Å². The molecule has 0 bridgehead atoms. The monoisotopic (exact) mass is 483 g/mol. The molecule has 2 aromatic rings. The average molecular weight is 484 g/mol. The summed E-state index contributed by atoms with van der Waals surface area (Å²) < 4.78 is 0. The first-order chi connectivity index (χ1) is 16.4. The lowest BCUT2D eigenvalue weighted by Gasteiger charge is -2.23. The van der Waals surface area contributed by atoms with E-state index in [2.05, 4.69) is 31.2 Å². The van der Waals surface area contributed by atoms with Gasteiger partial charge in [0.05, 0.1) is 12.1 Å². The van der Waals surface area contributed by atoms with E-state index in [0.717, 1.165) is 43.4 Å². The zero-order valence-corrected chi connectivity index (χ0v) is 20.9. The topological polar surface area (TPSA) is 77.8 Å². The Morgan fingerprint density at radius 3 is 2.65 bits per heavy atom. The van der Waals surface area contributed by atoms with Gasteiger partial charge in [0, 0.05) is 17.8 Å². The second kappa shape index (κ2) is 13.4. The van der Waals surface area contributed by atoms with Gasteiger partial charge < -0.3 is 15.1 Å². The van der Waals surface area contributed by atoms with Crippen LogP contribution in [-0.4, -0.2) is 45.7 Å². The molecule has 1 aromatic heterocycles. The lowest BCUT2D eigenvalue weighted by atomic mass is 9.95. The Morgan fingerprint density at radius 2 is 1.91 bits per heavy atom. The van der Waals surface area contributed by atoms with E-state index in [-0.39, 0.29) is 17.9 Å². The van der Waals surface area contributed by atoms with Crippen LogP contribution in [0.3, 0.4) is 0 Å². The summed E-state index contributed by atoms with van der Waals surface area (Å²) in [5.41, 5.74) is 1.38. The molecule has 3 unspecified atom stereocenters. The van der Waals surface area contributed by atoms with Crippen LogP contribution in [0, 0.1) is 5.92 Å². The Balaban J connectivity index is 1.37. The molecule has 1 saturated heterocycles. The highest BCUT2D eigenvalue weighted by atomic mass is 32.1. The molecule has 5 nitrogen and oxygen atoms in total. The van der Waals surface area contributed by atoms with Crippen molar-refractivity contribution < 1.29 is 19.8 Å². The van der Waals surface area contributed by atoms with Crippen LogP contribution < -0.4 is 0 Å². The maximum Gasteiger partial charge on any atom is 0.345 e. The first-order valence-electron chi connectivity index (χ1n) is 12.5. The third-order valence-corrected chi connectivity index (χ3v) is 7.78. The highest BCUT2D eigenvalue weighted by Gasteiger charge is 2.28. The van der Waals surface area contributed by atoms with Gasteiger partial charge in [-0.05, 0) is 62.1 Å². The number of aliphatic hydroxyl groups is 1. The van der Waals surface area contributed by atoms with Gasteiger partial charge in [-0.1, -0.05) is 62.2 Å². The number of thiophene rings is 1. The predicted octanol–water partition coefficient (Wildman–Crippen LogP) is 5.73. The molecule has 3 rings (SSSR count). The maximum absolute atomic E-state index is 12.4. The van der Waals surface area contributed by atoms with Gasteiger partial charge >= 0.3 is 5.97 Å². The van der Waals surface area contributed by atoms with Crippen LogP contribution in [0.15, 0.2) is 54.6 Å². The lowest BCUT2D eigenvalue weighted by molar-refractivity contribution is -0.128. The number of aromatic carboxylic acids is 1. The van der Waals surface area contributed by atoms with Crippen LogP contribution in [0.4, 0.5) is 0 Å². The fourth-order valence-corrected chi connectivity index (χ4v) is 5.41. The number of carboxylic acid groups (broad SMARTS) is 1. The Bertz CT molecular complexity index is 939. The SMILES string of the molecule is CC(CCCCCc1ccccc1)C(O)/C=C/C1CCC(=O)N1CCCc1ccc(C(=O)O)s1. The number of aliphatic hydroxyl groups excluding tert-OH is 1. The minimum Gasteiger partial charge on any atom is -0.477 e. The second-order valence-corrected chi connectivity index (χ2v) is 10.5. The number of hydrogen-bond acceptors (Lipinski definition) is 4.